The Bertz CT molecular complexity index is 1030. The van der Waals surface area contributed by atoms with Crippen molar-refractivity contribution in [2.75, 3.05) is 37.1 Å². The minimum Gasteiger partial charge on any atom is -0.497 e. The molecule has 0 spiro atoms. The van der Waals surface area contributed by atoms with Crippen LogP contribution in [-0.2, 0) is 4.79 Å². The quantitative estimate of drug-likeness (QED) is 0.624. The number of benzene rings is 2. The summed E-state index contributed by atoms with van der Waals surface area (Å²) in [6.45, 7) is 0.628. The fourth-order valence-corrected chi connectivity index (χ4v) is 3.67. The molecule has 1 aromatic heterocycles. The zero-order valence-electron chi connectivity index (χ0n) is 16.3. The van der Waals surface area contributed by atoms with E-state index in [4.69, 9.17) is 14.2 Å². The van der Waals surface area contributed by atoms with Crippen LogP contribution in [0.3, 0.4) is 0 Å². The van der Waals surface area contributed by atoms with E-state index in [2.05, 4.69) is 5.32 Å². The van der Waals surface area contributed by atoms with Crippen molar-refractivity contribution in [1.29, 1.82) is 0 Å². The Kier molecular flexibility index (Phi) is 5.85. The van der Waals surface area contributed by atoms with Crippen molar-refractivity contribution in [3.8, 4) is 17.2 Å². The number of carbonyl (C=O) groups excluding carboxylic acids is 2. The number of thiophene rings is 1. The maximum atomic E-state index is 12.4. The third-order valence-electron chi connectivity index (χ3n) is 4.55. The van der Waals surface area contributed by atoms with Gasteiger partial charge in [0.05, 0.1) is 24.2 Å². The maximum absolute atomic E-state index is 12.4. The van der Waals surface area contributed by atoms with Gasteiger partial charge in [0.25, 0.3) is 11.8 Å². The molecule has 3 aromatic rings. The standard InChI is InChI=1S/C22H20N2O5S/c1-27-16-5-7-17(8-6-16)28-11-10-24-18-13-15(4-9-19(18)29-14-21(24)25)23-22(26)20-3-2-12-30-20/h2-9,12-13H,10-11,14H2,1H3,(H,23,26). The van der Waals surface area contributed by atoms with Crippen molar-refractivity contribution in [2.45, 2.75) is 0 Å². The predicted molar refractivity (Wildman–Crippen MR) is 115 cm³/mol. The lowest BCUT2D eigenvalue weighted by molar-refractivity contribution is -0.121. The summed E-state index contributed by atoms with van der Waals surface area (Å²) in [5.74, 6) is 1.67. The van der Waals surface area contributed by atoms with Crippen molar-refractivity contribution >= 4 is 34.5 Å². The van der Waals surface area contributed by atoms with E-state index in [1.165, 1.54) is 11.3 Å². The van der Waals surface area contributed by atoms with Gasteiger partial charge in [-0.25, -0.2) is 0 Å². The molecule has 1 aliphatic heterocycles. The third-order valence-corrected chi connectivity index (χ3v) is 5.42. The monoisotopic (exact) mass is 424 g/mol. The highest BCUT2D eigenvalue weighted by Gasteiger charge is 2.26. The van der Waals surface area contributed by atoms with Gasteiger partial charge in [-0.05, 0) is 53.9 Å². The van der Waals surface area contributed by atoms with Crippen molar-refractivity contribution in [1.82, 2.24) is 0 Å². The summed E-state index contributed by atoms with van der Waals surface area (Å²) < 4.78 is 16.4. The molecule has 0 aliphatic carbocycles. The lowest BCUT2D eigenvalue weighted by Crippen LogP contribution is -2.41. The van der Waals surface area contributed by atoms with Crippen LogP contribution in [0.25, 0.3) is 0 Å². The van der Waals surface area contributed by atoms with Crippen LogP contribution in [0.1, 0.15) is 9.67 Å². The maximum Gasteiger partial charge on any atom is 0.265 e. The second-order valence-electron chi connectivity index (χ2n) is 6.47. The largest absolute Gasteiger partial charge is 0.497 e. The average molecular weight is 424 g/mol. The van der Waals surface area contributed by atoms with Crippen molar-refractivity contribution < 1.29 is 23.8 Å². The minimum absolute atomic E-state index is 0.0313. The van der Waals surface area contributed by atoms with E-state index in [9.17, 15) is 9.59 Å². The van der Waals surface area contributed by atoms with Gasteiger partial charge in [0.2, 0.25) is 0 Å². The summed E-state index contributed by atoms with van der Waals surface area (Å²) in [7, 11) is 1.61. The van der Waals surface area contributed by atoms with Crippen molar-refractivity contribution in [3.63, 3.8) is 0 Å². The van der Waals surface area contributed by atoms with Gasteiger partial charge in [-0.15, -0.1) is 11.3 Å². The molecule has 0 unspecified atom stereocenters. The number of anilines is 2. The zero-order chi connectivity index (χ0) is 20.9. The lowest BCUT2D eigenvalue weighted by atomic mass is 10.2. The number of nitrogens with one attached hydrogen (secondary N) is 1. The Balaban J connectivity index is 1.45. The molecule has 1 aliphatic rings. The van der Waals surface area contributed by atoms with Gasteiger partial charge in [-0.1, -0.05) is 6.07 Å². The highest BCUT2D eigenvalue weighted by molar-refractivity contribution is 7.12. The number of hydrogen-bond acceptors (Lipinski definition) is 6. The molecular weight excluding hydrogens is 404 g/mol. The Morgan fingerprint density at radius 1 is 1.17 bits per heavy atom. The Morgan fingerprint density at radius 2 is 1.97 bits per heavy atom. The summed E-state index contributed by atoms with van der Waals surface area (Å²) in [5.41, 5.74) is 1.19. The van der Waals surface area contributed by atoms with Crippen LogP contribution in [0.15, 0.2) is 60.0 Å². The Hall–Kier alpha value is -3.52. The highest BCUT2D eigenvalue weighted by atomic mass is 32.1. The first-order valence-corrected chi connectivity index (χ1v) is 10.2. The topological polar surface area (TPSA) is 77.1 Å². The summed E-state index contributed by atoms with van der Waals surface area (Å²) in [6.07, 6.45) is 0. The third kappa shape index (κ3) is 4.38. The van der Waals surface area contributed by atoms with Gasteiger partial charge in [0.1, 0.15) is 23.9 Å². The van der Waals surface area contributed by atoms with Crippen LogP contribution >= 0.6 is 11.3 Å². The summed E-state index contributed by atoms with van der Waals surface area (Å²) in [5, 5.41) is 4.70. The molecule has 0 atom stereocenters. The first kappa shape index (κ1) is 19.8. The number of ether oxygens (including phenoxy) is 3. The lowest BCUT2D eigenvalue weighted by Gasteiger charge is -2.29. The number of rotatable bonds is 7. The molecule has 0 radical (unpaired) electrons. The molecule has 30 heavy (non-hydrogen) atoms. The Labute approximate surface area is 177 Å². The average Bonchev–Trinajstić information content (AvgIpc) is 3.31. The first-order valence-electron chi connectivity index (χ1n) is 9.33. The van der Waals surface area contributed by atoms with E-state index in [1.807, 2.05) is 35.7 Å². The van der Waals surface area contributed by atoms with E-state index in [0.717, 1.165) is 5.75 Å². The van der Waals surface area contributed by atoms with Gasteiger partial charge in [-0.2, -0.15) is 0 Å². The fraction of sp³-hybridized carbons (Fsp3) is 0.182. The minimum atomic E-state index is -0.192. The van der Waals surface area contributed by atoms with Gasteiger partial charge < -0.3 is 24.4 Å². The van der Waals surface area contributed by atoms with Gasteiger partial charge >= 0.3 is 0 Å². The van der Waals surface area contributed by atoms with E-state index in [1.54, 1.807) is 36.3 Å². The zero-order valence-corrected chi connectivity index (χ0v) is 17.1. The highest BCUT2D eigenvalue weighted by Crippen LogP contribution is 2.34. The summed E-state index contributed by atoms with van der Waals surface area (Å²) in [4.78, 5) is 27.0. The first-order chi connectivity index (χ1) is 14.6. The van der Waals surface area contributed by atoms with E-state index < -0.39 is 0 Å². The van der Waals surface area contributed by atoms with Gasteiger partial charge in [0.15, 0.2) is 6.61 Å². The van der Waals surface area contributed by atoms with Crippen LogP contribution in [0.5, 0.6) is 17.2 Å². The van der Waals surface area contributed by atoms with E-state index >= 15 is 0 Å². The second kappa shape index (κ2) is 8.87. The number of hydrogen-bond donors (Lipinski definition) is 1. The SMILES string of the molecule is COc1ccc(OCCN2C(=O)COc3ccc(NC(=O)c4cccs4)cc32)cc1. The molecule has 2 heterocycles. The molecule has 2 amide bonds. The molecular formula is C22H20N2O5S. The summed E-state index contributed by atoms with van der Waals surface area (Å²) >= 11 is 1.37. The van der Waals surface area contributed by atoms with Crippen molar-refractivity contribution in [3.05, 3.63) is 64.9 Å². The number of carbonyl (C=O) groups is 2. The normalized spacial score (nSPS) is 12.7. The summed E-state index contributed by atoms with van der Waals surface area (Å²) in [6, 6.07) is 16.1. The number of nitrogens with zero attached hydrogens (tertiary/aromatic N) is 1. The molecule has 2 aromatic carbocycles. The van der Waals surface area contributed by atoms with Crippen molar-refractivity contribution in [2.24, 2.45) is 0 Å². The molecule has 7 nitrogen and oxygen atoms in total. The number of methoxy groups -OCH3 is 1. The molecule has 0 fully saturated rings. The van der Waals surface area contributed by atoms with Crippen LogP contribution < -0.4 is 24.4 Å². The van der Waals surface area contributed by atoms with Crippen LogP contribution in [0, 0.1) is 0 Å². The van der Waals surface area contributed by atoms with Crippen LogP contribution in [-0.4, -0.2) is 38.7 Å². The fourth-order valence-electron chi connectivity index (χ4n) is 3.05. The molecule has 0 bridgehead atoms. The predicted octanol–water partition coefficient (Wildman–Crippen LogP) is 3.81. The van der Waals surface area contributed by atoms with Crippen LogP contribution in [0.2, 0.25) is 0 Å². The van der Waals surface area contributed by atoms with Gasteiger partial charge in [0, 0.05) is 5.69 Å². The molecule has 4 rings (SSSR count). The number of amides is 2. The smallest absolute Gasteiger partial charge is 0.265 e. The molecule has 154 valence electrons. The van der Waals surface area contributed by atoms with Gasteiger partial charge in [-0.3, -0.25) is 9.59 Å². The van der Waals surface area contributed by atoms with E-state index in [0.29, 0.717) is 40.9 Å². The van der Waals surface area contributed by atoms with Crippen LogP contribution in [0.4, 0.5) is 11.4 Å². The number of fused-ring (bicyclic) bond motifs is 1. The molecule has 0 saturated carbocycles. The van der Waals surface area contributed by atoms with E-state index in [-0.39, 0.29) is 18.4 Å². The molecule has 8 heteroatoms. The molecule has 0 saturated heterocycles. The second-order valence-corrected chi connectivity index (χ2v) is 7.42. The Morgan fingerprint density at radius 3 is 2.70 bits per heavy atom. The molecule has 1 N–H and O–H groups in total.